The Morgan fingerprint density at radius 3 is 2.08 bits per heavy atom. The minimum absolute atomic E-state index is 0.672. The topological polar surface area (TPSA) is 6.48 Å². The van der Waals surface area contributed by atoms with E-state index < -0.39 is 0 Å². The summed E-state index contributed by atoms with van der Waals surface area (Å²) in [6, 6.07) is 2.38. The molecule has 2 nitrogen and oxygen atoms in total. The molecule has 0 radical (unpaired) electrons. The second kappa shape index (κ2) is 6.27. The molecule has 0 amide bonds. The summed E-state index contributed by atoms with van der Waals surface area (Å²) >= 11 is 0. The summed E-state index contributed by atoms with van der Waals surface area (Å²) < 4.78 is 0. The van der Waals surface area contributed by atoms with Gasteiger partial charge in [-0.25, -0.2) is 0 Å². The van der Waals surface area contributed by atoms with Gasteiger partial charge >= 0.3 is 0 Å². The van der Waals surface area contributed by atoms with Crippen LogP contribution in [0.1, 0.15) is 85.5 Å². The third kappa shape index (κ3) is 2.96. The first-order valence-electron chi connectivity index (χ1n) is 10.9. The molecule has 4 aliphatic rings. The normalized spacial score (nSPS) is 40.2. The number of nitrogens with zero attached hydrogens (tertiary/aromatic N) is 2. The first-order valence-corrected chi connectivity index (χ1v) is 10.9. The SMILES string of the molecule is CC(C)N1CCC2(CCCC(C3CC4(CCC4)CN3C(C)C)C2)C1. The van der Waals surface area contributed by atoms with Gasteiger partial charge in [0.15, 0.2) is 0 Å². The first-order chi connectivity index (χ1) is 11.4. The van der Waals surface area contributed by atoms with Gasteiger partial charge in [-0.2, -0.15) is 0 Å². The van der Waals surface area contributed by atoms with E-state index >= 15 is 0 Å². The molecule has 2 heteroatoms. The molecule has 24 heavy (non-hydrogen) atoms. The van der Waals surface area contributed by atoms with E-state index in [1.807, 2.05) is 0 Å². The van der Waals surface area contributed by atoms with Crippen LogP contribution >= 0.6 is 0 Å². The highest BCUT2D eigenvalue weighted by atomic mass is 15.2. The molecule has 0 aromatic rings. The predicted molar refractivity (Wildman–Crippen MR) is 102 cm³/mol. The van der Waals surface area contributed by atoms with Crippen LogP contribution in [0.3, 0.4) is 0 Å². The molecule has 0 aromatic heterocycles. The molecular weight excluding hydrogens is 292 g/mol. The Labute approximate surface area is 150 Å². The van der Waals surface area contributed by atoms with Crippen LogP contribution in [0.4, 0.5) is 0 Å². The molecule has 0 aromatic carbocycles. The Hall–Kier alpha value is -0.0800. The maximum atomic E-state index is 2.93. The molecule has 2 aliphatic carbocycles. The molecular formula is C22H40N2. The monoisotopic (exact) mass is 332 g/mol. The van der Waals surface area contributed by atoms with E-state index in [0.29, 0.717) is 5.41 Å². The molecule has 4 fully saturated rings. The zero-order valence-corrected chi connectivity index (χ0v) is 16.7. The van der Waals surface area contributed by atoms with Crippen molar-refractivity contribution >= 4 is 0 Å². The minimum Gasteiger partial charge on any atom is -0.300 e. The van der Waals surface area contributed by atoms with E-state index in [4.69, 9.17) is 0 Å². The Morgan fingerprint density at radius 2 is 1.50 bits per heavy atom. The molecule has 3 unspecified atom stereocenters. The van der Waals surface area contributed by atoms with E-state index in [9.17, 15) is 0 Å². The van der Waals surface area contributed by atoms with Crippen molar-refractivity contribution < 1.29 is 0 Å². The maximum Gasteiger partial charge on any atom is 0.0132 e. The number of likely N-dealkylation sites (tertiary alicyclic amines) is 2. The van der Waals surface area contributed by atoms with Crippen LogP contribution in [-0.4, -0.2) is 47.6 Å². The van der Waals surface area contributed by atoms with E-state index in [-0.39, 0.29) is 0 Å². The fourth-order valence-electron chi connectivity index (χ4n) is 6.78. The molecule has 0 bridgehead atoms. The Bertz CT molecular complexity index is 453. The lowest BCUT2D eigenvalue weighted by Gasteiger charge is -2.44. The lowest BCUT2D eigenvalue weighted by Crippen LogP contribution is -2.44. The summed E-state index contributed by atoms with van der Waals surface area (Å²) in [6.07, 6.45) is 13.6. The van der Waals surface area contributed by atoms with E-state index in [0.717, 1.165) is 29.5 Å². The van der Waals surface area contributed by atoms with Gasteiger partial charge in [0.2, 0.25) is 0 Å². The highest BCUT2D eigenvalue weighted by molar-refractivity contribution is 5.05. The standard InChI is InChI=1S/C22H40N2/c1-17(2)23-12-11-22(15-23)8-5-7-19(13-22)20-14-21(9-6-10-21)16-24(20)18(3)4/h17-20H,5-16H2,1-4H3. The summed E-state index contributed by atoms with van der Waals surface area (Å²) in [5, 5.41) is 0. The van der Waals surface area contributed by atoms with Gasteiger partial charge in [0.1, 0.15) is 0 Å². The number of hydrogen-bond acceptors (Lipinski definition) is 2. The van der Waals surface area contributed by atoms with Crippen LogP contribution in [-0.2, 0) is 0 Å². The molecule has 0 N–H and O–H groups in total. The summed E-state index contributed by atoms with van der Waals surface area (Å²) in [5.41, 5.74) is 1.41. The van der Waals surface area contributed by atoms with Crippen molar-refractivity contribution in [3.63, 3.8) is 0 Å². The van der Waals surface area contributed by atoms with Crippen molar-refractivity contribution in [1.29, 1.82) is 0 Å². The Balaban J connectivity index is 1.47. The molecule has 2 saturated heterocycles. The van der Waals surface area contributed by atoms with Crippen molar-refractivity contribution in [2.75, 3.05) is 19.6 Å². The van der Waals surface area contributed by atoms with Crippen molar-refractivity contribution in [3.8, 4) is 0 Å². The quantitative estimate of drug-likeness (QED) is 0.723. The predicted octanol–water partition coefficient (Wildman–Crippen LogP) is 4.93. The zero-order chi connectivity index (χ0) is 16.9. The fraction of sp³-hybridized carbons (Fsp3) is 1.00. The lowest BCUT2D eigenvalue weighted by atomic mass is 9.63. The molecule has 2 spiro atoms. The molecule has 2 heterocycles. The van der Waals surface area contributed by atoms with Crippen molar-refractivity contribution in [1.82, 2.24) is 9.80 Å². The molecule has 138 valence electrons. The smallest absolute Gasteiger partial charge is 0.0132 e. The van der Waals surface area contributed by atoms with Crippen LogP contribution in [0.5, 0.6) is 0 Å². The Kier molecular flexibility index (Phi) is 4.53. The summed E-state index contributed by atoms with van der Waals surface area (Å²) in [5.74, 6) is 0.980. The third-order valence-electron chi connectivity index (χ3n) is 8.38. The minimum atomic E-state index is 0.672. The average molecular weight is 333 g/mol. The number of hydrogen-bond donors (Lipinski definition) is 0. The largest absolute Gasteiger partial charge is 0.300 e. The van der Waals surface area contributed by atoms with Crippen molar-refractivity contribution in [2.45, 2.75) is 104 Å². The van der Waals surface area contributed by atoms with Gasteiger partial charge in [0.05, 0.1) is 0 Å². The van der Waals surface area contributed by atoms with Gasteiger partial charge in [-0.05, 0) is 95.9 Å². The van der Waals surface area contributed by atoms with Gasteiger partial charge in [-0.1, -0.05) is 12.8 Å². The zero-order valence-electron chi connectivity index (χ0n) is 16.7. The van der Waals surface area contributed by atoms with Gasteiger partial charge < -0.3 is 4.90 Å². The van der Waals surface area contributed by atoms with Gasteiger partial charge in [0, 0.05) is 31.2 Å². The molecule has 4 rings (SSSR count). The fourth-order valence-corrected chi connectivity index (χ4v) is 6.78. The summed E-state index contributed by atoms with van der Waals surface area (Å²) in [4.78, 5) is 5.68. The van der Waals surface area contributed by atoms with E-state index in [1.165, 1.54) is 77.4 Å². The van der Waals surface area contributed by atoms with E-state index in [1.54, 1.807) is 0 Å². The molecule has 2 aliphatic heterocycles. The lowest BCUT2D eigenvalue weighted by molar-refractivity contribution is 0.0661. The Morgan fingerprint density at radius 1 is 0.792 bits per heavy atom. The summed E-state index contributed by atoms with van der Waals surface area (Å²) in [6.45, 7) is 13.8. The van der Waals surface area contributed by atoms with Gasteiger partial charge in [-0.3, -0.25) is 4.90 Å². The average Bonchev–Trinajstić information content (AvgIpc) is 3.09. The van der Waals surface area contributed by atoms with Crippen LogP contribution in [0.2, 0.25) is 0 Å². The van der Waals surface area contributed by atoms with Gasteiger partial charge in [-0.15, -0.1) is 0 Å². The maximum absolute atomic E-state index is 2.93. The number of rotatable bonds is 3. The van der Waals surface area contributed by atoms with Gasteiger partial charge in [0.25, 0.3) is 0 Å². The highest BCUT2D eigenvalue weighted by Crippen LogP contribution is 2.55. The third-order valence-corrected chi connectivity index (χ3v) is 8.38. The van der Waals surface area contributed by atoms with E-state index in [2.05, 4.69) is 37.5 Å². The second-order valence-corrected chi connectivity index (χ2v) is 10.6. The van der Waals surface area contributed by atoms with Crippen LogP contribution in [0.15, 0.2) is 0 Å². The highest BCUT2D eigenvalue weighted by Gasteiger charge is 2.52. The van der Waals surface area contributed by atoms with Crippen molar-refractivity contribution in [2.24, 2.45) is 16.7 Å². The van der Waals surface area contributed by atoms with Crippen LogP contribution < -0.4 is 0 Å². The molecule has 3 atom stereocenters. The van der Waals surface area contributed by atoms with Crippen LogP contribution in [0, 0.1) is 16.7 Å². The molecule has 2 saturated carbocycles. The first kappa shape index (κ1) is 17.3. The van der Waals surface area contributed by atoms with Crippen LogP contribution in [0.25, 0.3) is 0 Å². The van der Waals surface area contributed by atoms with Crippen molar-refractivity contribution in [3.05, 3.63) is 0 Å². The summed E-state index contributed by atoms with van der Waals surface area (Å²) in [7, 11) is 0. The second-order valence-electron chi connectivity index (χ2n) is 10.6.